The second-order valence-corrected chi connectivity index (χ2v) is 10.0. The average molecular weight is 563 g/mol. The van der Waals surface area contributed by atoms with Crippen LogP contribution < -0.4 is 14.2 Å². The predicted octanol–water partition coefficient (Wildman–Crippen LogP) is 6.17. The number of pyridine rings is 1. The van der Waals surface area contributed by atoms with Crippen molar-refractivity contribution in [3.8, 4) is 11.5 Å². The molecular weight excluding hydrogens is 536 g/mol. The summed E-state index contributed by atoms with van der Waals surface area (Å²) in [6.07, 6.45) is 5.37. The number of hydrogen-bond donors (Lipinski definition) is 1. The largest absolute Gasteiger partial charge is 0.619 e. The van der Waals surface area contributed by atoms with Gasteiger partial charge in [0, 0.05) is 24.2 Å². The molecule has 1 N–H and O–H groups in total. The maximum atomic E-state index is 13.1. The highest BCUT2D eigenvalue weighted by Gasteiger charge is 2.30. The third kappa shape index (κ3) is 6.85. The molecule has 0 radical (unpaired) electrons. The molecule has 2 aromatic carbocycles. The quantitative estimate of drug-likeness (QED) is 0.134. The molecule has 2 aromatic heterocycles. The van der Waals surface area contributed by atoms with E-state index in [0.29, 0.717) is 32.2 Å². The van der Waals surface area contributed by atoms with Gasteiger partial charge in [-0.2, -0.15) is 22.3 Å². The van der Waals surface area contributed by atoms with E-state index in [9.17, 15) is 27.9 Å². The maximum Gasteiger partial charge on any atom is 0.387 e. The zero-order valence-corrected chi connectivity index (χ0v) is 21.9. The van der Waals surface area contributed by atoms with Crippen LogP contribution in [0, 0.1) is 5.21 Å². The van der Waals surface area contributed by atoms with Crippen LogP contribution in [0.3, 0.4) is 0 Å². The van der Waals surface area contributed by atoms with Gasteiger partial charge in [0.05, 0.1) is 4.88 Å². The number of benzene rings is 2. The van der Waals surface area contributed by atoms with E-state index in [1.54, 1.807) is 25.3 Å². The molecule has 6 nitrogen and oxygen atoms in total. The van der Waals surface area contributed by atoms with Gasteiger partial charge in [0.2, 0.25) is 0 Å². The van der Waals surface area contributed by atoms with Crippen LogP contribution >= 0.6 is 11.3 Å². The minimum Gasteiger partial charge on any atom is -0.619 e. The van der Waals surface area contributed by atoms with Gasteiger partial charge in [-0.05, 0) is 54.2 Å². The first-order valence-electron chi connectivity index (χ1n) is 12.1. The van der Waals surface area contributed by atoms with Gasteiger partial charge in [-0.3, -0.25) is 0 Å². The monoisotopic (exact) mass is 562 g/mol. The second-order valence-electron chi connectivity index (χ2n) is 8.97. The molecule has 0 aliphatic heterocycles. The normalized spacial score (nSPS) is 13.9. The minimum atomic E-state index is -3.26. The Bertz CT molecular complexity index is 1380. The number of aliphatic hydroxyl groups is 1. The molecule has 0 aliphatic carbocycles. The van der Waals surface area contributed by atoms with E-state index in [1.807, 2.05) is 31.2 Å². The fourth-order valence-corrected chi connectivity index (χ4v) is 5.28. The summed E-state index contributed by atoms with van der Waals surface area (Å²) < 4.78 is 61.4. The van der Waals surface area contributed by atoms with Crippen molar-refractivity contribution in [1.82, 2.24) is 4.98 Å². The molecule has 0 saturated carbocycles. The number of nitrogens with zero attached hydrogens (tertiary/aromatic N) is 2. The molecule has 0 aliphatic rings. The SMILES string of the molecule is CCc1ccc(C(C)(O)c2cnc(C(Cc3cc[n+]([O-])cc3)c3ccc(OC(F)F)c(OC(F)F)c3)s2)cc1. The molecule has 4 aromatic rings. The topological polar surface area (TPSA) is 78.5 Å². The standard InChI is InChI=1S/C28H26F4N2O4S/c1-3-17-4-7-20(8-5-17)28(2,35)24-16-33-25(39-24)21(14-18-10-12-34(36)13-11-18)19-6-9-22(37-26(29)30)23(15-19)38-27(31)32/h4-13,15-16,21,26-27,35H,3,14H2,1-2H3. The molecule has 206 valence electrons. The van der Waals surface area contributed by atoms with E-state index in [-0.39, 0.29) is 0 Å². The van der Waals surface area contributed by atoms with Crippen LogP contribution in [0.1, 0.15) is 51.9 Å². The van der Waals surface area contributed by atoms with Gasteiger partial charge < -0.3 is 19.8 Å². The van der Waals surface area contributed by atoms with Gasteiger partial charge in [0.1, 0.15) is 10.6 Å². The number of hydrogen-bond acceptors (Lipinski definition) is 6. The fraction of sp³-hybridized carbons (Fsp3) is 0.286. The van der Waals surface area contributed by atoms with Crippen LogP contribution in [0.25, 0.3) is 0 Å². The Morgan fingerprint density at radius 2 is 1.59 bits per heavy atom. The van der Waals surface area contributed by atoms with Crippen molar-refractivity contribution in [2.24, 2.45) is 0 Å². The Morgan fingerprint density at radius 3 is 2.21 bits per heavy atom. The van der Waals surface area contributed by atoms with Crippen LogP contribution in [-0.2, 0) is 18.4 Å². The molecule has 0 amide bonds. The zero-order valence-electron chi connectivity index (χ0n) is 21.1. The lowest BCUT2D eigenvalue weighted by Crippen LogP contribution is -2.24. The number of alkyl halides is 4. The molecule has 4 rings (SSSR count). The predicted molar refractivity (Wildman–Crippen MR) is 137 cm³/mol. The highest BCUT2D eigenvalue weighted by molar-refractivity contribution is 7.11. The first kappa shape index (κ1) is 28.3. The van der Waals surface area contributed by atoms with Crippen molar-refractivity contribution in [3.63, 3.8) is 0 Å². The lowest BCUT2D eigenvalue weighted by Gasteiger charge is -2.22. The van der Waals surface area contributed by atoms with Crippen LogP contribution in [-0.4, -0.2) is 23.3 Å². The van der Waals surface area contributed by atoms with Crippen LogP contribution in [0.2, 0.25) is 0 Å². The van der Waals surface area contributed by atoms with E-state index in [0.717, 1.165) is 23.6 Å². The Balaban J connectivity index is 1.75. The van der Waals surface area contributed by atoms with Crippen LogP contribution in [0.15, 0.2) is 73.2 Å². The first-order valence-corrected chi connectivity index (χ1v) is 12.9. The third-order valence-corrected chi connectivity index (χ3v) is 7.66. The molecule has 0 fully saturated rings. The van der Waals surface area contributed by atoms with Crippen molar-refractivity contribution < 1.29 is 36.9 Å². The van der Waals surface area contributed by atoms with Crippen molar-refractivity contribution in [3.05, 3.63) is 111 Å². The average Bonchev–Trinajstić information content (AvgIpc) is 3.40. The number of rotatable bonds is 11. The minimum absolute atomic E-state index is 0.296. The molecule has 2 heterocycles. The van der Waals surface area contributed by atoms with Crippen molar-refractivity contribution in [2.75, 3.05) is 0 Å². The van der Waals surface area contributed by atoms with E-state index >= 15 is 0 Å². The van der Waals surface area contributed by atoms with Gasteiger partial charge in [0.15, 0.2) is 23.9 Å². The summed E-state index contributed by atoms with van der Waals surface area (Å²) in [5.41, 5.74) is 1.64. The lowest BCUT2D eigenvalue weighted by atomic mass is 9.92. The molecule has 0 spiro atoms. The molecule has 11 heteroatoms. The second kappa shape index (κ2) is 12.0. The number of halogens is 4. The van der Waals surface area contributed by atoms with Crippen molar-refractivity contribution in [2.45, 2.75) is 51.4 Å². The molecule has 2 unspecified atom stereocenters. The summed E-state index contributed by atoms with van der Waals surface area (Å²) in [7, 11) is 0. The summed E-state index contributed by atoms with van der Waals surface area (Å²) in [4.78, 5) is 5.10. The number of aryl methyl sites for hydroxylation is 1. The van der Waals surface area contributed by atoms with Crippen molar-refractivity contribution in [1.29, 1.82) is 0 Å². The van der Waals surface area contributed by atoms with Gasteiger partial charge in [-0.1, -0.05) is 37.3 Å². The summed E-state index contributed by atoms with van der Waals surface area (Å²) in [5, 5.41) is 23.5. The zero-order chi connectivity index (χ0) is 28.2. The Morgan fingerprint density at radius 1 is 0.949 bits per heavy atom. The molecule has 39 heavy (non-hydrogen) atoms. The first-order chi connectivity index (χ1) is 18.6. The van der Waals surface area contributed by atoms with E-state index in [4.69, 9.17) is 0 Å². The number of ether oxygens (including phenoxy) is 2. The number of thiazole rings is 1. The Kier molecular flexibility index (Phi) is 8.71. The smallest absolute Gasteiger partial charge is 0.387 e. The van der Waals surface area contributed by atoms with Gasteiger partial charge in [0.25, 0.3) is 0 Å². The van der Waals surface area contributed by atoms with E-state index in [2.05, 4.69) is 14.5 Å². The summed E-state index contributed by atoms with van der Waals surface area (Å²) in [6.45, 7) is -2.79. The highest BCUT2D eigenvalue weighted by atomic mass is 32.1. The van der Waals surface area contributed by atoms with Gasteiger partial charge >= 0.3 is 13.2 Å². The van der Waals surface area contributed by atoms with E-state index < -0.39 is 36.2 Å². The third-order valence-electron chi connectivity index (χ3n) is 6.34. The Labute approximate surface area is 226 Å². The summed E-state index contributed by atoms with van der Waals surface area (Å²) in [5.74, 6) is -1.62. The van der Waals surface area contributed by atoms with Crippen molar-refractivity contribution >= 4 is 11.3 Å². The van der Waals surface area contributed by atoms with Gasteiger partial charge in [-0.15, -0.1) is 11.3 Å². The summed E-state index contributed by atoms with van der Waals surface area (Å²) in [6, 6.07) is 14.7. The molecule has 0 saturated heterocycles. The molecule has 0 bridgehead atoms. The van der Waals surface area contributed by atoms with Gasteiger partial charge in [-0.25, -0.2) is 4.98 Å². The fourth-order valence-electron chi connectivity index (χ4n) is 4.17. The highest BCUT2D eigenvalue weighted by Crippen LogP contribution is 2.40. The molecular formula is C28H26F4N2O4S. The number of aromatic nitrogens is 2. The lowest BCUT2D eigenvalue weighted by molar-refractivity contribution is -0.605. The maximum absolute atomic E-state index is 13.1. The van der Waals surface area contributed by atoms with E-state index in [1.165, 1.54) is 35.9 Å². The van der Waals surface area contributed by atoms with Crippen LogP contribution in [0.5, 0.6) is 11.5 Å². The van der Waals surface area contributed by atoms with Crippen LogP contribution in [0.4, 0.5) is 17.6 Å². The molecule has 2 atom stereocenters. The Hall–Kier alpha value is -3.70. The summed E-state index contributed by atoms with van der Waals surface area (Å²) >= 11 is 1.24.